The normalized spacial score (nSPS) is 24.6. The number of anilines is 2. The second kappa shape index (κ2) is 5.58. The molecule has 0 bridgehead atoms. The summed E-state index contributed by atoms with van der Waals surface area (Å²) in [6, 6.07) is 20.0. The highest BCUT2D eigenvalue weighted by atomic mass is 15.0. The van der Waals surface area contributed by atoms with Crippen molar-refractivity contribution in [2.24, 2.45) is 5.92 Å². The number of fused-ring (bicyclic) bond motifs is 1. The van der Waals surface area contributed by atoms with Gasteiger partial charge in [-0.1, -0.05) is 50.2 Å². The molecule has 0 aliphatic carbocycles. The molecule has 2 heteroatoms. The molecule has 0 saturated heterocycles. The monoisotopic (exact) mass is 266 g/mol. The van der Waals surface area contributed by atoms with Crippen LogP contribution >= 0.6 is 0 Å². The Kier molecular flexibility index (Phi) is 3.64. The Morgan fingerprint density at radius 2 is 1.70 bits per heavy atom. The highest BCUT2D eigenvalue weighted by molar-refractivity contribution is 5.59. The van der Waals surface area contributed by atoms with Gasteiger partial charge in [-0.3, -0.25) is 0 Å². The molecule has 2 N–H and O–H groups in total. The van der Waals surface area contributed by atoms with Crippen molar-refractivity contribution in [2.75, 3.05) is 10.6 Å². The Balaban J connectivity index is 1.95. The minimum atomic E-state index is 0.361. The summed E-state index contributed by atoms with van der Waals surface area (Å²) in [4.78, 5) is 0. The van der Waals surface area contributed by atoms with Crippen molar-refractivity contribution >= 4 is 11.4 Å². The van der Waals surface area contributed by atoms with E-state index < -0.39 is 0 Å². The summed E-state index contributed by atoms with van der Waals surface area (Å²) >= 11 is 0. The molecule has 3 atom stereocenters. The van der Waals surface area contributed by atoms with E-state index in [0.29, 0.717) is 18.0 Å². The van der Waals surface area contributed by atoms with Crippen LogP contribution in [0.25, 0.3) is 0 Å². The molecule has 104 valence electrons. The van der Waals surface area contributed by atoms with Gasteiger partial charge in [-0.05, 0) is 30.2 Å². The lowest BCUT2D eigenvalue weighted by molar-refractivity contribution is 0.400. The number of nitrogens with one attached hydrogen (secondary N) is 2. The number of rotatable bonds is 3. The fourth-order valence-corrected chi connectivity index (χ4v) is 3.14. The standard InChI is InChI=1S/C18H22N2/c1-3-16-13(2)18(19-14-9-5-4-6-10-14)15-11-7-8-12-17(15)20-16/h4-13,16,18-20H,3H2,1-2H3/t13-,16-,18-/m1/s1. The lowest BCUT2D eigenvalue weighted by Crippen LogP contribution is -2.38. The molecule has 3 rings (SSSR count). The first-order valence-electron chi connectivity index (χ1n) is 7.46. The van der Waals surface area contributed by atoms with Gasteiger partial charge in [0.15, 0.2) is 0 Å². The zero-order valence-corrected chi connectivity index (χ0v) is 12.1. The van der Waals surface area contributed by atoms with E-state index in [-0.39, 0.29) is 0 Å². The third-order valence-electron chi connectivity index (χ3n) is 4.33. The quantitative estimate of drug-likeness (QED) is 0.843. The maximum Gasteiger partial charge on any atom is 0.0579 e. The average molecular weight is 266 g/mol. The van der Waals surface area contributed by atoms with Crippen LogP contribution < -0.4 is 10.6 Å². The Labute approximate surface area is 121 Å². The van der Waals surface area contributed by atoms with Gasteiger partial charge in [0.25, 0.3) is 0 Å². The summed E-state index contributed by atoms with van der Waals surface area (Å²) in [5.74, 6) is 0.551. The minimum Gasteiger partial charge on any atom is -0.382 e. The third-order valence-corrected chi connectivity index (χ3v) is 4.33. The van der Waals surface area contributed by atoms with Gasteiger partial charge in [-0.15, -0.1) is 0 Å². The molecule has 0 unspecified atom stereocenters. The van der Waals surface area contributed by atoms with E-state index in [1.807, 2.05) is 0 Å². The van der Waals surface area contributed by atoms with Crippen LogP contribution in [0.4, 0.5) is 11.4 Å². The van der Waals surface area contributed by atoms with Gasteiger partial charge in [0.1, 0.15) is 0 Å². The Hall–Kier alpha value is -1.96. The van der Waals surface area contributed by atoms with Crippen LogP contribution in [0.5, 0.6) is 0 Å². The average Bonchev–Trinajstić information content (AvgIpc) is 2.51. The van der Waals surface area contributed by atoms with E-state index in [9.17, 15) is 0 Å². The SMILES string of the molecule is CC[C@H]1Nc2ccccc2[C@H](Nc2ccccc2)[C@@H]1C. The molecular weight excluding hydrogens is 244 g/mol. The van der Waals surface area contributed by atoms with Crippen molar-refractivity contribution in [3.8, 4) is 0 Å². The van der Waals surface area contributed by atoms with Gasteiger partial charge in [-0.2, -0.15) is 0 Å². The van der Waals surface area contributed by atoms with Gasteiger partial charge < -0.3 is 10.6 Å². The minimum absolute atomic E-state index is 0.361. The number of benzene rings is 2. The fourth-order valence-electron chi connectivity index (χ4n) is 3.14. The number of hydrogen-bond acceptors (Lipinski definition) is 2. The van der Waals surface area contributed by atoms with Gasteiger partial charge in [-0.25, -0.2) is 0 Å². The molecule has 2 aromatic carbocycles. The zero-order valence-electron chi connectivity index (χ0n) is 12.1. The molecular formula is C18H22N2. The largest absolute Gasteiger partial charge is 0.382 e. The molecule has 1 aliphatic heterocycles. The van der Waals surface area contributed by atoms with Crippen molar-refractivity contribution in [1.29, 1.82) is 0 Å². The van der Waals surface area contributed by atoms with Crippen molar-refractivity contribution in [3.63, 3.8) is 0 Å². The molecule has 0 fully saturated rings. The third kappa shape index (κ3) is 2.38. The maximum absolute atomic E-state index is 3.71. The van der Waals surface area contributed by atoms with Crippen molar-refractivity contribution in [2.45, 2.75) is 32.4 Å². The van der Waals surface area contributed by atoms with Crippen LogP contribution in [-0.2, 0) is 0 Å². The van der Waals surface area contributed by atoms with Crippen LogP contribution in [-0.4, -0.2) is 6.04 Å². The fraction of sp³-hybridized carbons (Fsp3) is 0.333. The van der Waals surface area contributed by atoms with Gasteiger partial charge >= 0.3 is 0 Å². The van der Waals surface area contributed by atoms with Crippen LogP contribution in [0.2, 0.25) is 0 Å². The van der Waals surface area contributed by atoms with E-state index in [1.165, 1.54) is 16.9 Å². The van der Waals surface area contributed by atoms with Gasteiger partial charge in [0.2, 0.25) is 0 Å². The van der Waals surface area contributed by atoms with Crippen molar-refractivity contribution in [1.82, 2.24) is 0 Å². The van der Waals surface area contributed by atoms with E-state index in [4.69, 9.17) is 0 Å². The van der Waals surface area contributed by atoms with Gasteiger partial charge in [0.05, 0.1) is 6.04 Å². The first-order chi connectivity index (χ1) is 9.79. The lowest BCUT2D eigenvalue weighted by Gasteiger charge is -2.39. The second-order valence-electron chi connectivity index (χ2n) is 5.59. The molecule has 0 aromatic heterocycles. The molecule has 0 radical (unpaired) electrons. The first kappa shape index (κ1) is 13.0. The summed E-state index contributed by atoms with van der Waals surface area (Å²) in [6.45, 7) is 4.58. The maximum atomic E-state index is 3.71. The number of para-hydroxylation sites is 2. The second-order valence-corrected chi connectivity index (χ2v) is 5.59. The summed E-state index contributed by atoms with van der Waals surface area (Å²) in [5.41, 5.74) is 3.83. The lowest BCUT2D eigenvalue weighted by atomic mass is 9.82. The summed E-state index contributed by atoms with van der Waals surface area (Å²) in [6.07, 6.45) is 1.14. The smallest absolute Gasteiger partial charge is 0.0579 e. The topological polar surface area (TPSA) is 24.1 Å². The predicted octanol–water partition coefficient (Wildman–Crippen LogP) is 4.68. The molecule has 0 spiro atoms. The van der Waals surface area contributed by atoms with Crippen molar-refractivity contribution < 1.29 is 0 Å². The van der Waals surface area contributed by atoms with E-state index in [0.717, 1.165) is 6.42 Å². The summed E-state index contributed by atoms with van der Waals surface area (Å²) in [5, 5.41) is 7.38. The van der Waals surface area contributed by atoms with Crippen LogP contribution in [0, 0.1) is 5.92 Å². The Morgan fingerprint density at radius 3 is 2.45 bits per heavy atom. The molecule has 2 aromatic rings. The Morgan fingerprint density at radius 1 is 1.00 bits per heavy atom. The van der Waals surface area contributed by atoms with Crippen LogP contribution in [0.15, 0.2) is 54.6 Å². The van der Waals surface area contributed by atoms with E-state index in [2.05, 4.69) is 79.1 Å². The number of hydrogen-bond donors (Lipinski definition) is 2. The summed E-state index contributed by atoms with van der Waals surface area (Å²) in [7, 11) is 0. The van der Waals surface area contributed by atoms with Crippen molar-refractivity contribution in [3.05, 3.63) is 60.2 Å². The highest BCUT2D eigenvalue weighted by Crippen LogP contribution is 2.39. The van der Waals surface area contributed by atoms with E-state index >= 15 is 0 Å². The molecule has 1 heterocycles. The summed E-state index contributed by atoms with van der Waals surface area (Å²) < 4.78 is 0. The van der Waals surface area contributed by atoms with Gasteiger partial charge in [0, 0.05) is 23.3 Å². The molecule has 1 aliphatic rings. The van der Waals surface area contributed by atoms with E-state index in [1.54, 1.807) is 0 Å². The Bertz CT molecular complexity index is 565. The molecule has 0 amide bonds. The molecule has 0 saturated carbocycles. The predicted molar refractivity (Wildman–Crippen MR) is 86.1 cm³/mol. The zero-order chi connectivity index (χ0) is 13.9. The van der Waals surface area contributed by atoms with Crippen LogP contribution in [0.3, 0.4) is 0 Å². The highest BCUT2D eigenvalue weighted by Gasteiger charge is 2.32. The van der Waals surface area contributed by atoms with Crippen LogP contribution in [0.1, 0.15) is 31.9 Å². The first-order valence-corrected chi connectivity index (χ1v) is 7.46. The molecule has 20 heavy (non-hydrogen) atoms. The molecule has 2 nitrogen and oxygen atoms in total.